The quantitative estimate of drug-likeness (QED) is 0.835. The van der Waals surface area contributed by atoms with Crippen molar-refractivity contribution >= 4 is 33.9 Å². The number of carbonyl (C=O) groups excluding carboxylic acids is 1. The molecule has 0 atom stereocenters. The number of nitrogens with zero attached hydrogens (tertiary/aromatic N) is 3. The summed E-state index contributed by atoms with van der Waals surface area (Å²) in [7, 11) is 0. The van der Waals surface area contributed by atoms with Crippen molar-refractivity contribution in [2.75, 3.05) is 11.9 Å². The van der Waals surface area contributed by atoms with Gasteiger partial charge in [-0.25, -0.2) is 4.98 Å². The molecule has 1 amide bonds. The molecule has 0 aliphatic carbocycles. The molecule has 6 nitrogen and oxygen atoms in total. The van der Waals surface area contributed by atoms with Crippen LogP contribution in [0.25, 0.3) is 0 Å². The van der Waals surface area contributed by atoms with Crippen molar-refractivity contribution in [2.24, 2.45) is 5.73 Å². The van der Waals surface area contributed by atoms with Gasteiger partial charge in [0.15, 0.2) is 5.13 Å². The second kappa shape index (κ2) is 7.09. The number of amides is 1. The second-order valence-corrected chi connectivity index (χ2v) is 5.57. The lowest BCUT2D eigenvalue weighted by atomic mass is 10.2. The van der Waals surface area contributed by atoms with Crippen molar-refractivity contribution in [1.29, 1.82) is 0 Å². The van der Waals surface area contributed by atoms with E-state index in [1.807, 2.05) is 6.92 Å². The van der Waals surface area contributed by atoms with Gasteiger partial charge in [0.1, 0.15) is 4.88 Å². The number of aromatic nitrogens is 3. The summed E-state index contributed by atoms with van der Waals surface area (Å²) in [6.45, 7) is 2.33. The molecule has 20 heavy (non-hydrogen) atoms. The van der Waals surface area contributed by atoms with Crippen molar-refractivity contribution < 1.29 is 4.79 Å². The van der Waals surface area contributed by atoms with E-state index < -0.39 is 0 Å². The van der Waals surface area contributed by atoms with Crippen LogP contribution in [0.3, 0.4) is 0 Å². The van der Waals surface area contributed by atoms with E-state index in [-0.39, 0.29) is 5.91 Å². The Balaban J connectivity index is 2.07. The van der Waals surface area contributed by atoms with E-state index >= 15 is 0 Å². The third-order valence-electron chi connectivity index (χ3n) is 2.29. The van der Waals surface area contributed by atoms with Crippen LogP contribution < -0.4 is 11.1 Å². The molecule has 104 valence electrons. The molecule has 0 saturated carbocycles. The van der Waals surface area contributed by atoms with Crippen LogP contribution in [0.4, 0.5) is 5.13 Å². The maximum atomic E-state index is 12.1. The molecule has 0 saturated heterocycles. The zero-order valence-electron chi connectivity index (χ0n) is 10.8. The van der Waals surface area contributed by atoms with Crippen LogP contribution in [0.5, 0.6) is 0 Å². The van der Waals surface area contributed by atoms with Crippen molar-refractivity contribution in [3.8, 4) is 11.8 Å². The lowest BCUT2D eigenvalue weighted by molar-refractivity contribution is 0.102. The molecular formula is C12H13N5OS2. The van der Waals surface area contributed by atoms with Crippen LogP contribution in [0.1, 0.15) is 33.6 Å². The largest absolute Gasteiger partial charge is 0.320 e. The lowest BCUT2D eigenvalue weighted by Crippen LogP contribution is -2.12. The Kier molecular flexibility index (Phi) is 5.17. The summed E-state index contributed by atoms with van der Waals surface area (Å²) >= 11 is 2.41. The van der Waals surface area contributed by atoms with Crippen LogP contribution in [0.15, 0.2) is 6.20 Å². The number of aryl methyl sites for hydroxylation is 1. The molecule has 2 heterocycles. The molecule has 0 aliphatic rings. The first-order chi connectivity index (χ1) is 9.74. The van der Waals surface area contributed by atoms with Gasteiger partial charge in [-0.1, -0.05) is 41.0 Å². The predicted molar refractivity (Wildman–Crippen MR) is 79.9 cm³/mol. The summed E-state index contributed by atoms with van der Waals surface area (Å²) in [6, 6.07) is 0. The molecule has 0 fully saturated rings. The standard InChI is InChI=1S/C12H13N5OS2/c1-2-4-9-10(20-17-16-9)11(18)15-12-14-7-8(19-12)5-3-6-13/h7H,2,4,6,13H2,1H3,(H,14,15,18). The fraction of sp³-hybridized carbons (Fsp3) is 0.333. The van der Waals surface area contributed by atoms with Gasteiger partial charge in [0.2, 0.25) is 0 Å². The fourth-order valence-electron chi connectivity index (χ4n) is 1.46. The van der Waals surface area contributed by atoms with Gasteiger partial charge in [0, 0.05) is 0 Å². The molecular weight excluding hydrogens is 294 g/mol. The van der Waals surface area contributed by atoms with Gasteiger partial charge >= 0.3 is 0 Å². The number of thiazole rings is 1. The highest BCUT2D eigenvalue weighted by Crippen LogP contribution is 2.20. The minimum Gasteiger partial charge on any atom is -0.320 e. The molecule has 0 radical (unpaired) electrons. The van der Waals surface area contributed by atoms with E-state index in [4.69, 9.17) is 5.73 Å². The Bertz CT molecular complexity index is 652. The van der Waals surface area contributed by atoms with Gasteiger partial charge in [-0.3, -0.25) is 10.1 Å². The van der Waals surface area contributed by atoms with E-state index in [1.165, 1.54) is 11.3 Å². The Morgan fingerprint density at radius 1 is 1.55 bits per heavy atom. The second-order valence-electron chi connectivity index (χ2n) is 3.79. The van der Waals surface area contributed by atoms with Gasteiger partial charge in [0.05, 0.1) is 23.3 Å². The molecule has 3 N–H and O–H groups in total. The molecule has 0 aliphatic heterocycles. The first kappa shape index (κ1) is 14.6. The number of anilines is 1. The lowest BCUT2D eigenvalue weighted by Gasteiger charge is -1.99. The number of rotatable bonds is 4. The first-order valence-electron chi connectivity index (χ1n) is 6.02. The third kappa shape index (κ3) is 3.60. The van der Waals surface area contributed by atoms with Crippen LogP contribution in [0, 0.1) is 11.8 Å². The summed E-state index contributed by atoms with van der Waals surface area (Å²) < 4.78 is 3.83. The van der Waals surface area contributed by atoms with E-state index in [9.17, 15) is 4.79 Å². The summed E-state index contributed by atoms with van der Waals surface area (Å²) in [6.07, 6.45) is 3.27. The highest BCUT2D eigenvalue weighted by atomic mass is 32.1. The third-order valence-corrected chi connectivity index (χ3v) is 3.88. The van der Waals surface area contributed by atoms with Crippen molar-refractivity contribution in [3.63, 3.8) is 0 Å². The Labute approximate surface area is 124 Å². The number of hydrogen-bond acceptors (Lipinski definition) is 7. The van der Waals surface area contributed by atoms with E-state index in [0.29, 0.717) is 16.6 Å². The van der Waals surface area contributed by atoms with Gasteiger partial charge in [-0.2, -0.15) is 0 Å². The average Bonchev–Trinajstić information content (AvgIpc) is 3.06. The van der Waals surface area contributed by atoms with E-state index in [0.717, 1.165) is 34.9 Å². The maximum Gasteiger partial charge on any atom is 0.271 e. The summed E-state index contributed by atoms with van der Waals surface area (Å²) in [5.41, 5.74) is 6.03. The first-order valence-corrected chi connectivity index (χ1v) is 7.61. The molecule has 2 rings (SSSR count). The summed E-state index contributed by atoms with van der Waals surface area (Å²) in [4.78, 5) is 17.5. The normalized spacial score (nSPS) is 9.90. The Morgan fingerprint density at radius 2 is 2.40 bits per heavy atom. The minimum absolute atomic E-state index is 0.226. The maximum absolute atomic E-state index is 12.1. The van der Waals surface area contributed by atoms with Gasteiger partial charge in [-0.05, 0) is 18.0 Å². The highest BCUT2D eigenvalue weighted by molar-refractivity contribution is 7.16. The minimum atomic E-state index is -0.226. The monoisotopic (exact) mass is 307 g/mol. The number of hydrogen-bond donors (Lipinski definition) is 2. The average molecular weight is 307 g/mol. The van der Waals surface area contributed by atoms with Gasteiger partial charge in [0.25, 0.3) is 5.91 Å². The SMILES string of the molecule is CCCc1nnsc1C(=O)Nc1ncc(C#CCN)s1. The van der Waals surface area contributed by atoms with Crippen molar-refractivity contribution in [1.82, 2.24) is 14.6 Å². The van der Waals surface area contributed by atoms with Crippen molar-refractivity contribution in [2.45, 2.75) is 19.8 Å². The number of nitrogens with one attached hydrogen (secondary N) is 1. The molecule has 0 bridgehead atoms. The Morgan fingerprint density at radius 3 is 3.15 bits per heavy atom. The van der Waals surface area contributed by atoms with E-state index in [2.05, 4.69) is 31.7 Å². The zero-order valence-corrected chi connectivity index (χ0v) is 12.5. The summed E-state index contributed by atoms with van der Waals surface area (Å²) in [5.74, 6) is 5.39. The molecule has 0 aromatic carbocycles. The number of nitrogens with two attached hydrogens (primary N) is 1. The van der Waals surface area contributed by atoms with E-state index in [1.54, 1.807) is 6.20 Å². The van der Waals surface area contributed by atoms with Crippen LogP contribution in [-0.2, 0) is 6.42 Å². The predicted octanol–water partition coefficient (Wildman–Crippen LogP) is 1.51. The van der Waals surface area contributed by atoms with Crippen LogP contribution in [-0.4, -0.2) is 27.0 Å². The Hall–Kier alpha value is -1.82. The highest BCUT2D eigenvalue weighted by Gasteiger charge is 2.16. The molecule has 8 heteroatoms. The van der Waals surface area contributed by atoms with Crippen LogP contribution in [0.2, 0.25) is 0 Å². The smallest absolute Gasteiger partial charge is 0.271 e. The molecule has 2 aromatic heterocycles. The molecule has 0 spiro atoms. The molecule has 0 unspecified atom stereocenters. The summed E-state index contributed by atoms with van der Waals surface area (Å²) in [5, 5.41) is 7.22. The molecule has 2 aromatic rings. The zero-order chi connectivity index (χ0) is 14.4. The van der Waals surface area contributed by atoms with Gasteiger partial charge < -0.3 is 5.73 Å². The van der Waals surface area contributed by atoms with Crippen LogP contribution >= 0.6 is 22.9 Å². The fourth-order valence-corrected chi connectivity index (χ4v) is 2.75. The number of carbonyl (C=O) groups is 1. The topological polar surface area (TPSA) is 93.8 Å². The van der Waals surface area contributed by atoms with Gasteiger partial charge in [-0.15, -0.1) is 5.10 Å². The van der Waals surface area contributed by atoms with Crippen molar-refractivity contribution in [3.05, 3.63) is 21.6 Å².